The third-order valence-corrected chi connectivity index (χ3v) is 3.34. The number of hydrogen-bond acceptors (Lipinski definition) is 3. The van der Waals surface area contributed by atoms with Crippen LogP contribution in [0.1, 0.15) is 11.1 Å². The zero-order chi connectivity index (χ0) is 13.6. The minimum Gasteiger partial charge on any atom is -0.398 e. The molecule has 0 fully saturated rings. The minimum atomic E-state index is 0.596. The molecule has 19 heavy (non-hydrogen) atoms. The Morgan fingerprint density at radius 1 is 1.21 bits per heavy atom. The summed E-state index contributed by atoms with van der Waals surface area (Å²) in [6.45, 7) is 3.94. The van der Waals surface area contributed by atoms with Crippen molar-refractivity contribution in [2.45, 2.75) is 13.8 Å². The molecule has 0 saturated carbocycles. The van der Waals surface area contributed by atoms with Gasteiger partial charge in [-0.3, -0.25) is 0 Å². The Labute approximate surface area is 115 Å². The maximum atomic E-state index is 6.17. The van der Waals surface area contributed by atoms with Crippen LogP contribution in [-0.4, -0.2) is 14.6 Å². The molecule has 0 unspecified atom stereocenters. The second kappa shape index (κ2) is 4.24. The van der Waals surface area contributed by atoms with Gasteiger partial charge in [0, 0.05) is 17.4 Å². The average molecular weight is 273 g/mol. The highest BCUT2D eigenvalue weighted by molar-refractivity contribution is 6.33. The van der Waals surface area contributed by atoms with Gasteiger partial charge in [0.2, 0.25) is 0 Å². The number of rotatable bonds is 1. The zero-order valence-electron chi connectivity index (χ0n) is 10.7. The first-order chi connectivity index (χ1) is 9.04. The van der Waals surface area contributed by atoms with Crippen LogP contribution < -0.4 is 5.73 Å². The summed E-state index contributed by atoms with van der Waals surface area (Å²) in [5.41, 5.74) is 10.3. The van der Waals surface area contributed by atoms with Gasteiger partial charge >= 0.3 is 0 Å². The number of nitrogens with zero attached hydrogens (tertiary/aromatic N) is 3. The molecule has 0 spiro atoms. The molecule has 0 atom stereocenters. The van der Waals surface area contributed by atoms with E-state index in [1.165, 1.54) is 0 Å². The maximum Gasteiger partial charge on any atom is 0.182 e. The highest BCUT2D eigenvalue weighted by Gasteiger charge is 2.10. The van der Waals surface area contributed by atoms with Crippen LogP contribution in [0.4, 0.5) is 5.69 Å². The number of nitrogens with two attached hydrogens (primary N) is 1. The predicted octanol–water partition coefficient (Wildman–Crippen LogP) is 3.25. The Hall–Kier alpha value is -2.07. The van der Waals surface area contributed by atoms with Crippen molar-refractivity contribution >= 4 is 22.9 Å². The Kier molecular flexibility index (Phi) is 2.68. The summed E-state index contributed by atoms with van der Waals surface area (Å²) in [4.78, 5) is 4.46. The molecular formula is C14H13ClN4. The topological polar surface area (TPSA) is 56.2 Å². The molecule has 3 aromatic rings. The molecule has 0 bridgehead atoms. The summed E-state index contributed by atoms with van der Waals surface area (Å²) in [5, 5.41) is 5.04. The molecular weight excluding hydrogens is 260 g/mol. The van der Waals surface area contributed by atoms with E-state index in [-0.39, 0.29) is 0 Å². The van der Waals surface area contributed by atoms with Gasteiger partial charge < -0.3 is 5.73 Å². The third kappa shape index (κ3) is 2.04. The van der Waals surface area contributed by atoms with Gasteiger partial charge in [-0.05, 0) is 37.1 Å². The lowest BCUT2D eigenvalue weighted by molar-refractivity contribution is 0.956. The predicted molar refractivity (Wildman–Crippen MR) is 77.3 cm³/mol. The lowest BCUT2D eigenvalue weighted by Gasteiger charge is -2.00. The van der Waals surface area contributed by atoms with E-state index in [0.29, 0.717) is 16.5 Å². The van der Waals surface area contributed by atoms with Crippen LogP contribution in [0.2, 0.25) is 5.02 Å². The van der Waals surface area contributed by atoms with E-state index in [0.717, 1.165) is 22.4 Å². The van der Waals surface area contributed by atoms with Crippen LogP contribution in [-0.2, 0) is 0 Å². The highest BCUT2D eigenvalue weighted by Crippen LogP contribution is 2.24. The van der Waals surface area contributed by atoms with Crippen molar-refractivity contribution < 1.29 is 0 Å². The van der Waals surface area contributed by atoms with Crippen molar-refractivity contribution in [3.63, 3.8) is 0 Å². The number of nitrogen functional groups attached to an aromatic ring is 1. The van der Waals surface area contributed by atoms with Gasteiger partial charge in [-0.1, -0.05) is 23.7 Å². The number of benzene rings is 1. The quantitative estimate of drug-likeness (QED) is 0.692. The van der Waals surface area contributed by atoms with Crippen molar-refractivity contribution in [3.8, 4) is 11.4 Å². The molecule has 2 aromatic heterocycles. The molecule has 4 nitrogen and oxygen atoms in total. The number of hydrogen-bond donors (Lipinski definition) is 1. The first kappa shape index (κ1) is 12.0. The number of aromatic nitrogens is 3. The van der Waals surface area contributed by atoms with E-state index in [1.807, 2.05) is 44.3 Å². The lowest BCUT2D eigenvalue weighted by Crippen LogP contribution is -1.91. The van der Waals surface area contributed by atoms with Crippen molar-refractivity contribution in [3.05, 3.63) is 46.6 Å². The summed E-state index contributed by atoms with van der Waals surface area (Å²) in [7, 11) is 0. The normalized spacial score (nSPS) is 11.1. The van der Waals surface area contributed by atoms with Crippen LogP contribution in [0, 0.1) is 13.8 Å². The largest absolute Gasteiger partial charge is 0.398 e. The van der Waals surface area contributed by atoms with Gasteiger partial charge in [0.05, 0.1) is 5.02 Å². The Bertz CT molecular complexity index is 776. The Balaban J connectivity index is 2.20. The number of halogens is 1. The average Bonchev–Trinajstić information content (AvgIpc) is 2.76. The minimum absolute atomic E-state index is 0.596. The summed E-state index contributed by atoms with van der Waals surface area (Å²) < 4.78 is 1.70. The van der Waals surface area contributed by atoms with Crippen molar-refractivity contribution in [2.24, 2.45) is 0 Å². The maximum absolute atomic E-state index is 6.17. The van der Waals surface area contributed by atoms with Gasteiger partial charge in [0.25, 0.3) is 0 Å². The van der Waals surface area contributed by atoms with Gasteiger partial charge in [-0.2, -0.15) is 0 Å². The molecule has 2 N–H and O–H groups in total. The van der Waals surface area contributed by atoms with E-state index >= 15 is 0 Å². The third-order valence-electron chi connectivity index (χ3n) is 3.06. The Morgan fingerprint density at radius 2 is 2.00 bits per heavy atom. The lowest BCUT2D eigenvalue weighted by atomic mass is 10.1. The van der Waals surface area contributed by atoms with Gasteiger partial charge in [0.15, 0.2) is 11.5 Å². The molecule has 3 rings (SSSR count). The van der Waals surface area contributed by atoms with E-state index in [9.17, 15) is 0 Å². The van der Waals surface area contributed by atoms with E-state index in [1.54, 1.807) is 4.52 Å². The van der Waals surface area contributed by atoms with Crippen molar-refractivity contribution in [1.82, 2.24) is 14.6 Å². The smallest absolute Gasteiger partial charge is 0.182 e. The molecule has 96 valence electrons. The SMILES string of the molecule is Cc1cc(Cl)c2nc(-c3ccc(C)c(N)c3)nn2c1. The first-order valence-electron chi connectivity index (χ1n) is 5.93. The number of pyridine rings is 1. The summed E-state index contributed by atoms with van der Waals surface area (Å²) >= 11 is 6.17. The number of aryl methyl sites for hydroxylation is 2. The van der Waals surface area contributed by atoms with E-state index in [4.69, 9.17) is 17.3 Å². The summed E-state index contributed by atoms with van der Waals surface area (Å²) in [6, 6.07) is 7.67. The molecule has 2 heterocycles. The van der Waals surface area contributed by atoms with Crippen molar-refractivity contribution in [2.75, 3.05) is 5.73 Å². The molecule has 0 saturated heterocycles. The van der Waals surface area contributed by atoms with Crippen LogP contribution in [0.3, 0.4) is 0 Å². The fourth-order valence-corrected chi connectivity index (χ4v) is 2.27. The number of fused-ring (bicyclic) bond motifs is 1. The van der Waals surface area contributed by atoms with Crippen LogP contribution in [0.5, 0.6) is 0 Å². The van der Waals surface area contributed by atoms with Gasteiger partial charge in [0.1, 0.15) is 0 Å². The summed E-state index contributed by atoms with van der Waals surface area (Å²) in [5.74, 6) is 0.624. The second-order valence-electron chi connectivity index (χ2n) is 4.64. The number of anilines is 1. The van der Waals surface area contributed by atoms with Crippen LogP contribution >= 0.6 is 11.6 Å². The molecule has 0 amide bonds. The molecule has 5 heteroatoms. The molecule has 0 aliphatic rings. The highest BCUT2D eigenvalue weighted by atomic mass is 35.5. The Morgan fingerprint density at radius 3 is 2.74 bits per heavy atom. The van der Waals surface area contributed by atoms with E-state index < -0.39 is 0 Å². The fourth-order valence-electron chi connectivity index (χ4n) is 1.97. The first-order valence-corrected chi connectivity index (χ1v) is 6.31. The monoisotopic (exact) mass is 272 g/mol. The molecule has 0 aliphatic heterocycles. The van der Waals surface area contributed by atoms with Gasteiger partial charge in [-0.25, -0.2) is 9.50 Å². The zero-order valence-corrected chi connectivity index (χ0v) is 11.4. The van der Waals surface area contributed by atoms with Gasteiger partial charge in [-0.15, -0.1) is 5.10 Å². The summed E-state index contributed by atoms with van der Waals surface area (Å²) in [6.07, 6.45) is 1.90. The van der Waals surface area contributed by atoms with Crippen molar-refractivity contribution in [1.29, 1.82) is 0 Å². The van der Waals surface area contributed by atoms with Crippen LogP contribution in [0.15, 0.2) is 30.5 Å². The molecule has 0 radical (unpaired) electrons. The molecule has 1 aromatic carbocycles. The van der Waals surface area contributed by atoms with E-state index in [2.05, 4.69) is 10.1 Å². The second-order valence-corrected chi connectivity index (χ2v) is 5.05. The molecule has 0 aliphatic carbocycles. The van der Waals surface area contributed by atoms with Crippen LogP contribution in [0.25, 0.3) is 17.0 Å². The standard InChI is InChI=1S/C14H13ClN4/c1-8-5-11(15)14-17-13(18-19(14)7-8)10-4-3-9(2)12(16)6-10/h3-7H,16H2,1-2H3. The fraction of sp³-hybridized carbons (Fsp3) is 0.143.